The zero-order chi connectivity index (χ0) is 20.5. The van der Waals surface area contributed by atoms with Crippen LogP contribution in [0.5, 0.6) is 11.5 Å². The Bertz CT molecular complexity index is 891. The standard InChI is InChI=1S/C25H26O4/c1-3-25(2,24(26)28-19-21-12-8-5-9-13-21)29-23-16-14-22(15-17-23)27-18-20-10-6-4-7-11-20/h4-17H,3,18-19H2,1-2H3/t25-/m1/s1. The summed E-state index contributed by atoms with van der Waals surface area (Å²) in [6.45, 7) is 4.38. The molecular formula is C25H26O4. The van der Waals surface area contributed by atoms with Gasteiger partial charge in [0.05, 0.1) is 0 Å². The van der Waals surface area contributed by atoms with E-state index in [9.17, 15) is 4.79 Å². The van der Waals surface area contributed by atoms with Crippen LogP contribution in [0, 0.1) is 0 Å². The van der Waals surface area contributed by atoms with Gasteiger partial charge >= 0.3 is 5.97 Å². The van der Waals surface area contributed by atoms with Gasteiger partial charge in [-0.05, 0) is 48.7 Å². The predicted octanol–water partition coefficient (Wildman–Crippen LogP) is 5.56. The first-order chi connectivity index (χ1) is 14.1. The van der Waals surface area contributed by atoms with Crippen LogP contribution in [0.15, 0.2) is 84.9 Å². The Balaban J connectivity index is 1.56. The molecule has 0 unspecified atom stereocenters. The molecule has 0 aromatic heterocycles. The Morgan fingerprint density at radius 3 is 1.83 bits per heavy atom. The predicted molar refractivity (Wildman–Crippen MR) is 113 cm³/mol. The van der Waals surface area contributed by atoms with Crippen LogP contribution in [0.3, 0.4) is 0 Å². The minimum Gasteiger partial charge on any atom is -0.489 e. The number of carbonyl (C=O) groups is 1. The molecule has 0 aliphatic rings. The highest BCUT2D eigenvalue weighted by atomic mass is 16.6. The van der Waals surface area contributed by atoms with Crippen molar-refractivity contribution in [2.75, 3.05) is 0 Å². The molecule has 0 N–H and O–H groups in total. The SMILES string of the molecule is CC[C@@](C)(Oc1ccc(OCc2ccccc2)cc1)C(=O)OCc1ccccc1. The molecule has 0 bridgehead atoms. The normalized spacial score (nSPS) is 12.6. The third-order valence-electron chi connectivity index (χ3n) is 4.73. The molecule has 1 atom stereocenters. The lowest BCUT2D eigenvalue weighted by atomic mass is 10.0. The van der Waals surface area contributed by atoms with E-state index in [-0.39, 0.29) is 12.6 Å². The maximum absolute atomic E-state index is 12.6. The summed E-state index contributed by atoms with van der Waals surface area (Å²) in [5, 5.41) is 0. The third-order valence-corrected chi connectivity index (χ3v) is 4.73. The Morgan fingerprint density at radius 1 is 0.759 bits per heavy atom. The summed E-state index contributed by atoms with van der Waals surface area (Å²) in [7, 11) is 0. The molecule has 0 amide bonds. The van der Waals surface area contributed by atoms with Gasteiger partial charge in [-0.1, -0.05) is 67.6 Å². The van der Waals surface area contributed by atoms with E-state index < -0.39 is 5.60 Å². The van der Waals surface area contributed by atoms with Crippen LogP contribution in [0.1, 0.15) is 31.4 Å². The molecule has 3 aromatic carbocycles. The topological polar surface area (TPSA) is 44.8 Å². The molecule has 0 fully saturated rings. The highest BCUT2D eigenvalue weighted by Crippen LogP contribution is 2.25. The lowest BCUT2D eigenvalue weighted by Gasteiger charge is -2.27. The van der Waals surface area contributed by atoms with Crippen LogP contribution in [0.25, 0.3) is 0 Å². The van der Waals surface area contributed by atoms with Crippen molar-refractivity contribution in [3.63, 3.8) is 0 Å². The Morgan fingerprint density at radius 2 is 1.28 bits per heavy atom. The van der Waals surface area contributed by atoms with Crippen LogP contribution in [0.4, 0.5) is 0 Å². The number of ether oxygens (including phenoxy) is 3. The molecule has 3 rings (SSSR count). The quantitative estimate of drug-likeness (QED) is 0.449. The fourth-order valence-electron chi connectivity index (χ4n) is 2.74. The first-order valence-electron chi connectivity index (χ1n) is 9.76. The molecule has 0 saturated heterocycles. The molecule has 0 radical (unpaired) electrons. The van der Waals surface area contributed by atoms with Crippen molar-refractivity contribution in [3.8, 4) is 11.5 Å². The van der Waals surface area contributed by atoms with Gasteiger partial charge in [-0.3, -0.25) is 0 Å². The van der Waals surface area contributed by atoms with Crippen molar-refractivity contribution in [1.82, 2.24) is 0 Å². The summed E-state index contributed by atoms with van der Waals surface area (Å²) < 4.78 is 17.3. The van der Waals surface area contributed by atoms with Gasteiger partial charge in [-0.15, -0.1) is 0 Å². The molecule has 4 nitrogen and oxygen atoms in total. The van der Waals surface area contributed by atoms with Crippen molar-refractivity contribution in [1.29, 1.82) is 0 Å². The van der Waals surface area contributed by atoms with Gasteiger partial charge in [0.15, 0.2) is 0 Å². The lowest BCUT2D eigenvalue weighted by molar-refractivity contribution is -0.162. The molecule has 3 aromatic rings. The highest BCUT2D eigenvalue weighted by molar-refractivity contribution is 5.79. The zero-order valence-corrected chi connectivity index (χ0v) is 16.8. The summed E-state index contributed by atoms with van der Waals surface area (Å²) in [5.41, 5.74) is 0.994. The van der Waals surface area contributed by atoms with E-state index >= 15 is 0 Å². The minimum atomic E-state index is -1.05. The van der Waals surface area contributed by atoms with E-state index in [1.54, 1.807) is 19.1 Å². The largest absolute Gasteiger partial charge is 0.489 e. The van der Waals surface area contributed by atoms with Crippen LogP contribution >= 0.6 is 0 Å². The van der Waals surface area contributed by atoms with E-state index in [0.717, 1.165) is 16.9 Å². The number of carbonyl (C=O) groups excluding carboxylic acids is 1. The van der Waals surface area contributed by atoms with Crippen molar-refractivity contribution in [2.45, 2.75) is 39.1 Å². The van der Waals surface area contributed by atoms with Gasteiger partial charge in [0.1, 0.15) is 24.7 Å². The van der Waals surface area contributed by atoms with Gasteiger partial charge in [0.2, 0.25) is 5.60 Å². The molecule has 0 aliphatic carbocycles. The second-order valence-corrected chi connectivity index (χ2v) is 6.99. The molecule has 0 saturated carbocycles. The smallest absolute Gasteiger partial charge is 0.350 e. The zero-order valence-electron chi connectivity index (χ0n) is 16.8. The molecule has 0 aliphatic heterocycles. The molecule has 4 heteroatoms. The number of hydrogen-bond donors (Lipinski definition) is 0. The summed E-state index contributed by atoms with van der Waals surface area (Å²) in [4.78, 5) is 12.6. The molecule has 29 heavy (non-hydrogen) atoms. The maximum atomic E-state index is 12.6. The fraction of sp³-hybridized carbons (Fsp3) is 0.240. The molecule has 0 spiro atoms. The summed E-state index contributed by atoms with van der Waals surface area (Å²) in [5.74, 6) is 0.956. The third kappa shape index (κ3) is 5.85. The molecule has 150 valence electrons. The Kier molecular flexibility index (Phi) is 6.90. The van der Waals surface area contributed by atoms with E-state index in [0.29, 0.717) is 18.8 Å². The van der Waals surface area contributed by atoms with Gasteiger partial charge in [-0.2, -0.15) is 0 Å². The Labute approximate surface area is 172 Å². The highest BCUT2D eigenvalue weighted by Gasteiger charge is 2.35. The van der Waals surface area contributed by atoms with E-state index in [2.05, 4.69) is 0 Å². The van der Waals surface area contributed by atoms with Crippen LogP contribution < -0.4 is 9.47 Å². The number of hydrogen-bond acceptors (Lipinski definition) is 4. The van der Waals surface area contributed by atoms with Gasteiger partial charge in [0, 0.05) is 0 Å². The number of benzene rings is 3. The second kappa shape index (κ2) is 9.78. The molecular weight excluding hydrogens is 364 g/mol. The Hall–Kier alpha value is -3.27. The summed E-state index contributed by atoms with van der Waals surface area (Å²) in [6, 6.07) is 26.9. The number of esters is 1. The van der Waals surface area contributed by atoms with Gasteiger partial charge in [0.25, 0.3) is 0 Å². The van der Waals surface area contributed by atoms with Crippen LogP contribution in [-0.2, 0) is 22.7 Å². The van der Waals surface area contributed by atoms with Crippen molar-refractivity contribution in [2.24, 2.45) is 0 Å². The van der Waals surface area contributed by atoms with Gasteiger partial charge < -0.3 is 14.2 Å². The minimum absolute atomic E-state index is 0.227. The van der Waals surface area contributed by atoms with Crippen LogP contribution in [-0.4, -0.2) is 11.6 Å². The first-order valence-corrected chi connectivity index (χ1v) is 9.76. The molecule has 0 heterocycles. The van der Waals surface area contributed by atoms with Crippen molar-refractivity contribution < 1.29 is 19.0 Å². The summed E-state index contributed by atoms with van der Waals surface area (Å²) in [6.07, 6.45) is 0.493. The monoisotopic (exact) mass is 390 g/mol. The summed E-state index contributed by atoms with van der Waals surface area (Å²) >= 11 is 0. The average Bonchev–Trinajstić information content (AvgIpc) is 2.78. The average molecular weight is 390 g/mol. The van der Waals surface area contributed by atoms with Crippen molar-refractivity contribution in [3.05, 3.63) is 96.1 Å². The maximum Gasteiger partial charge on any atom is 0.350 e. The van der Waals surface area contributed by atoms with Crippen LogP contribution in [0.2, 0.25) is 0 Å². The van der Waals surface area contributed by atoms with E-state index in [1.807, 2.05) is 79.7 Å². The fourth-order valence-corrected chi connectivity index (χ4v) is 2.74. The van der Waals surface area contributed by atoms with Gasteiger partial charge in [-0.25, -0.2) is 4.79 Å². The van der Waals surface area contributed by atoms with E-state index in [4.69, 9.17) is 14.2 Å². The van der Waals surface area contributed by atoms with Crippen molar-refractivity contribution >= 4 is 5.97 Å². The first kappa shape index (κ1) is 20.5. The number of rotatable bonds is 9. The second-order valence-electron chi connectivity index (χ2n) is 6.99. The lowest BCUT2D eigenvalue weighted by Crippen LogP contribution is -2.42. The van der Waals surface area contributed by atoms with E-state index in [1.165, 1.54) is 0 Å².